The van der Waals surface area contributed by atoms with Gasteiger partial charge in [0.15, 0.2) is 5.13 Å². The molecule has 0 aliphatic heterocycles. The topological polar surface area (TPSA) is 54.0 Å². The number of anilines is 1. The second-order valence-electron chi connectivity index (χ2n) is 4.99. The van der Waals surface area contributed by atoms with Crippen molar-refractivity contribution < 1.29 is 4.79 Å². The van der Waals surface area contributed by atoms with Gasteiger partial charge in [0.2, 0.25) is 5.91 Å². The molecule has 1 atom stereocenters. The summed E-state index contributed by atoms with van der Waals surface area (Å²) in [6, 6.07) is 5.38. The number of thiazole rings is 1. The summed E-state index contributed by atoms with van der Waals surface area (Å²) in [4.78, 5) is 17.2. The van der Waals surface area contributed by atoms with Crippen LogP contribution >= 0.6 is 46.9 Å². The van der Waals surface area contributed by atoms with Crippen LogP contribution in [0.25, 0.3) is 0 Å². The van der Waals surface area contributed by atoms with Gasteiger partial charge in [0.1, 0.15) is 0 Å². The molecule has 0 saturated carbocycles. The van der Waals surface area contributed by atoms with Gasteiger partial charge < -0.3 is 10.6 Å². The molecule has 2 N–H and O–H groups in total. The summed E-state index contributed by atoms with van der Waals surface area (Å²) >= 11 is 13.6. The average molecular weight is 395 g/mol. The van der Waals surface area contributed by atoms with E-state index in [4.69, 9.17) is 23.2 Å². The Balaban J connectivity index is 0.00000264. The van der Waals surface area contributed by atoms with Crippen LogP contribution in [0.3, 0.4) is 0 Å². The number of carbonyl (C=O) groups is 1. The van der Waals surface area contributed by atoms with Crippen molar-refractivity contribution in [2.45, 2.75) is 13.3 Å². The number of amides is 1. The molecular formula is C15H18Cl3N3OS. The fraction of sp³-hybridized carbons (Fsp3) is 0.333. The Kier molecular flexibility index (Phi) is 8.29. The second kappa shape index (κ2) is 9.45. The lowest BCUT2D eigenvalue weighted by Crippen LogP contribution is -2.28. The fourth-order valence-electron chi connectivity index (χ4n) is 1.94. The number of benzene rings is 1. The molecule has 23 heavy (non-hydrogen) atoms. The molecule has 1 heterocycles. The Morgan fingerprint density at radius 1 is 1.39 bits per heavy atom. The number of hydrogen-bond acceptors (Lipinski definition) is 4. The molecule has 4 nitrogen and oxygen atoms in total. The third kappa shape index (κ3) is 5.94. The Morgan fingerprint density at radius 3 is 2.83 bits per heavy atom. The predicted octanol–water partition coefficient (Wildman–Crippen LogP) is 4.26. The van der Waals surface area contributed by atoms with Crippen LogP contribution in [0.5, 0.6) is 0 Å². The lowest BCUT2D eigenvalue weighted by Gasteiger charge is -2.09. The van der Waals surface area contributed by atoms with Gasteiger partial charge in [0, 0.05) is 40.0 Å². The predicted molar refractivity (Wildman–Crippen MR) is 100 cm³/mol. The zero-order valence-corrected chi connectivity index (χ0v) is 15.9. The standard InChI is InChI=1S/C15H17Cl2N3OS.ClH/c1-9(7-18-2)14(21)20-15-19-8-12(22-15)6-10-5-11(16)3-4-13(10)17;/h3-5,8-9,18H,6-7H2,1-2H3,(H,19,20,21);1H. The van der Waals surface area contributed by atoms with Crippen LogP contribution in [0.1, 0.15) is 17.4 Å². The van der Waals surface area contributed by atoms with Crippen molar-refractivity contribution in [3.8, 4) is 0 Å². The second-order valence-corrected chi connectivity index (χ2v) is 6.95. The first-order valence-electron chi connectivity index (χ1n) is 6.83. The zero-order valence-electron chi connectivity index (χ0n) is 12.7. The van der Waals surface area contributed by atoms with Crippen molar-refractivity contribution in [3.63, 3.8) is 0 Å². The van der Waals surface area contributed by atoms with E-state index in [0.717, 1.165) is 10.4 Å². The Hall–Kier alpha value is -0.850. The van der Waals surface area contributed by atoms with Crippen molar-refractivity contribution >= 4 is 58.0 Å². The Morgan fingerprint density at radius 2 is 2.13 bits per heavy atom. The minimum absolute atomic E-state index is 0. The van der Waals surface area contributed by atoms with Crippen molar-refractivity contribution in [1.82, 2.24) is 10.3 Å². The number of halogens is 3. The number of nitrogens with zero attached hydrogens (tertiary/aromatic N) is 1. The smallest absolute Gasteiger partial charge is 0.230 e. The Bertz CT molecular complexity index is 663. The van der Waals surface area contributed by atoms with Gasteiger partial charge in [-0.2, -0.15) is 0 Å². The Labute approximate surface area is 156 Å². The van der Waals surface area contributed by atoms with Crippen LogP contribution in [0.4, 0.5) is 5.13 Å². The van der Waals surface area contributed by atoms with Gasteiger partial charge in [-0.05, 0) is 30.8 Å². The van der Waals surface area contributed by atoms with E-state index in [1.807, 2.05) is 20.0 Å². The molecule has 0 aliphatic rings. The first kappa shape index (κ1) is 20.2. The summed E-state index contributed by atoms with van der Waals surface area (Å²) in [5, 5.41) is 7.73. The van der Waals surface area contributed by atoms with Crippen LogP contribution in [0.2, 0.25) is 10.0 Å². The van der Waals surface area contributed by atoms with Gasteiger partial charge in [-0.1, -0.05) is 30.1 Å². The first-order chi connectivity index (χ1) is 10.5. The molecule has 1 amide bonds. The summed E-state index contributed by atoms with van der Waals surface area (Å²) in [6.45, 7) is 2.49. The molecule has 0 spiro atoms. The third-order valence-electron chi connectivity index (χ3n) is 3.11. The maximum atomic E-state index is 11.9. The van der Waals surface area contributed by atoms with Crippen molar-refractivity contribution in [2.75, 3.05) is 18.9 Å². The van der Waals surface area contributed by atoms with E-state index in [0.29, 0.717) is 28.1 Å². The van der Waals surface area contributed by atoms with E-state index in [-0.39, 0.29) is 24.2 Å². The molecule has 126 valence electrons. The maximum Gasteiger partial charge on any atom is 0.230 e. The lowest BCUT2D eigenvalue weighted by molar-refractivity contribution is -0.119. The number of rotatable bonds is 6. The molecule has 1 aromatic heterocycles. The molecule has 1 aromatic carbocycles. The van der Waals surface area contributed by atoms with Gasteiger partial charge >= 0.3 is 0 Å². The molecular weight excluding hydrogens is 377 g/mol. The molecule has 1 unspecified atom stereocenters. The lowest BCUT2D eigenvalue weighted by atomic mass is 10.1. The highest BCUT2D eigenvalue weighted by Gasteiger charge is 2.14. The van der Waals surface area contributed by atoms with Crippen LogP contribution in [0.15, 0.2) is 24.4 Å². The molecule has 0 bridgehead atoms. The van der Waals surface area contributed by atoms with Crippen molar-refractivity contribution in [1.29, 1.82) is 0 Å². The van der Waals surface area contributed by atoms with Gasteiger partial charge in [-0.3, -0.25) is 4.79 Å². The van der Waals surface area contributed by atoms with Gasteiger partial charge in [0.05, 0.1) is 0 Å². The van der Waals surface area contributed by atoms with Gasteiger partial charge in [-0.25, -0.2) is 4.98 Å². The van der Waals surface area contributed by atoms with E-state index in [1.54, 1.807) is 18.3 Å². The van der Waals surface area contributed by atoms with E-state index in [2.05, 4.69) is 15.6 Å². The highest BCUT2D eigenvalue weighted by molar-refractivity contribution is 7.15. The SMILES string of the molecule is CNCC(C)C(=O)Nc1ncc(Cc2cc(Cl)ccc2Cl)s1.Cl. The van der Waals surface area contributed by atoms with E-state index >= 15 is 0 Å². The summed E-state index contributed by atoms with van der Waals surface area (Å²) in [7, 11) is 1.82. The minimum Gasteiger partial charge on any atom is -0.319 e. The van der Waals surface area contributed by atoms with E-state index < -0.39 is 0 Å². The number of carbonyl (C=O) groups excluding carboxylic acids is 1. The zero-order chi connectivity index (χ0) is 16.1. The average Bonchev–Trinajstić information content (AvgIpc) is 2.90. The van der Waals surface area contributed by atoms with E-state index in [9.17, 15) is 4.79 Å². The number of nitrogens with one attached hydrogen (secondary N) is 2. The monoisotopic (exact) mass is 393 g/mol. The molecule has 0 aliphatic carbocycles. The highest BCUT2D eigenvalue weighted by atomic mass is 35.5. The molecule has 0 fully saturated rings. The maximum absolute atomic E-state index is 11.9. The first-order valence-corrected chi connectivity index (χ1v) is 8.41. The summed E-state index contributed by atoms with van der Waals surface area (Å²) in [5.74, 6) is -0.157. The number of aromatic nitrogens is 1. The normalized spacial score (nSPS) is 11.7. The van der Waals surface area contributed by atoms with Crippen LogP contribution in [-0.2, 0) is 11.2 Å². The molecule has 0 saturated heterocycles. The number of hydrogen-bond donors (Lipinski definition) is 2. The summed E-state index contributed by atoms with van der Waals surface area (Å²) < 4.78 is 0. The minimum atomic E-state index is -0.111. The largest absolute Gasteiger partial charge is 0.319 e. The third-order valence-corrected chi connectivity index (χ3v) is 4.63. The fourth-order valence-corrected chi connectivity index (χ4v) is 3.16. The van der Waals surface area contributed by atoms with Crippen LogP contribution in [-0.4, -0.2) is 24.5 Å². The van der Waals surface area contributed by atoms with Crippen molar-refractivity contribution in [2.24, 2.45) is 5.92 Å². The summed E-state index contributed by atoms with van der Waals surface area (Å²) in [5.41, 5.74) is 0.944. The molecule has 2 aromatic rings. The quantitative estimate of drug-likeness (QED) is 0.770. The van der Waals surface area contributed by atoms with Gasteiger partial charge in [-0.15, -0.1) is 23.7 Å². The van der Waals surface area contributed by atoms with Crippen LogP contribution in [0, 0.1) is 5.92 Å². The highest BCUT2D eigenvalue weighted by Crippen LogP contribution is 2.27. The molecule has 2 rings (SSSR count). The molecule has 8 heteroatoms. The summed E-state index contributed by atoms with van der Waals surface area (Å²) in [6.07, 6.45) is 2.39. The van der Waals surface area contributed by atoms with E-state index in [1.165, 1.54) is 11.3 Å². The van der Waals surface area contributed by atoms with Crippen molar-refractivity contribution in [3.05, 3.63) is 44.9 Å². The van der Waals surface area contributed by atoms with Crippen LogP contribution < -0.4 is 10.6 Å². The van der Waals surface area contributed by atoms with Gasteiger partial charge in [0.25, 0.3) is 0 Å². The molecule has 0 radical (unpaired) electrons.